The number of H-pyrrole nitrogens is 1. The fourth-order valence-corrected chi connectivity index (χ4v) is 3.62. The van der Waals surface area contributed by atoms with Crippen molar-refractivity contribution in [3.8, 4) is 0 Å². The summed E-state index contributed by atoms with van der Waals surface area (Å²) in [5.74, 6) is 1.16. The molecule has 0 bridgehead atoms. The number of piperidine rings is 1. The molecule has 1 N–H and O–H groups in total. The molecule has 3 heterocycles. The predicted octanol–water partition coefficient (Wildman–Crippen LogP) is 3.73. The van der Waals surface area contributed by atoms with Crippen LogP contribution in [0.15, 0.2) is 57.9 Å². The SMILES string of the molecule is C[C@H]1CCN(C(=O)c2cc3ccccc3c(=O)[nH]2)[C@H](c2ccco2)C1. The first-order valence-electron chi connectivity index (χ1n) is 8.60. The number of rotatable bonds is 2. The van der Waals surface area contributed by atoms with Crippen LogP contribution < -0.4 is 5.56 Å². The number of fused-ring (bicyclic) bond motifs is 1. The van der Waals surface area contributed by atoms with E-state index in [9.17, 15) is 9.59 Å². The summed E-state index contributed by atoms with van der Waals surface area (Å²) in [6, 6.07) is 12.7. The average Bonchev–Trinajstić information content (AvgIpc) is 3.15. The Kier molecular flexibility index (Phi) is 3.92. The molecule has 0 unspecified atom stereocenters. The Labute approximate surface area is 145 Å². The lowest BCUT2D eigenvalue weighted by Crippen LogP contribution is -2.41. The van der Waals surface area contributed by atoms with E-state index in [1.165, 1.54) is 0 Å². The van der Waals surface area contributed by atoms with Gasteiger partial charge in [-0.25, -0.2) is 0 Å². The second kappa shape index (κ2) is 6.24. The number of aromatic nitrogens is 1. The van der Waals surface area contributed by atoms with Gasteiger partial charge in [-0.1, -0.05) is 25.1 Å². The van der Waals surface area contributed by atoms with E-state index < -0.39 is 0 Å². The molecule has 1 saturated heterocycles. The number of hydrogen-bond acceptors (Lipinski definition) is 3. The maximum atomic E-state index is 13.1. The van der Waals surface area contributed by atoms with E-state index in [4.69, 9.17) is 4.42 Å². The van der Waals surface area contributed by atoms with E-state index >= 15 is 0 Å². The van der Waals surface area contributed by atoms with Crippen LogP contribution in [0.2, 0.25) is 0 Å². The third-order valence-electron chi connectivity index (χ3n) is 4.98. The molecule has 1 aliphatic heterocycles. The van der Waals surface area contributed by atoms with Crippen molar-refractivity contribution in [3.05, 3.63) is 70.5 Å². The van der Waals surface area contributed by atoms with E-state index in [1.54, 1.807) is 18.4 Å². The third-order valence-corrected chi connectivity index (χ3v) is 4.98. The van der Waals surface area contributed by atoms with Gasteiger partial charge >= 0.3 is 0 Å². The average molecular weight is 336 g/mol. The molecule has 25 heavy (non-hydrogen) atoms. The van der Waals surface area contributed by atoms with Gasteiger partial charge in [-0.15, -0.1) is 0 Å². The van der Waals surface area contributed by atoms with Gasteiger partial charge in [-0.2, -0.15) is 0 Å². The van der Waals surface area contributed by atoms with Gasteiger partial charge in [-0.3, -0.25) is 9.59 Å². The molecular weight excluding hydrogens is 316 g/mol. The van der Waals surface area contributed by atoms with E-state index in [0.717, 1.165) is 24.0 Å². The molecule has 0 spiro atoms. The maximum absolute atomic E-state index is 13.1. The van der Waals surface area contributed by atoms with Crippen LogP contribution in [-0.4, -0.2) is 22.3 Å². The zero-order valence-corrected chi connectivity index (χ0v) is 14.1. The van der Waals surface area contributed by atoms with Crippen molar-refractivity contribution in [1.82, 2.24) is 9.88 Å². The standard InChI is InChI=1S/C20H20N2O3/c1-13-8-9-22(17(11-13)18-7-4-10-25-18)20(24)16-12-14-5-2-3-6-15(14)19(23)21-16/h2-7,10,12-13,17H,8-9,11H2,1H3,(H,21,23)/t13-,17-/m0/s1. The minimum absolute atomic E-state index is 0.0961. The molecule has 1 aromatic carbocycles. The highest BCUT2D eigenvalue weighted by Gasteiger charge is 2.33. The van der Waals surface area contributed by atoms with Crippen LogP contribution >= 0.6 is 0 Å². The summed E-state index contributed by atoms with van der Waals surface area (Å²) in [4.78, 5) is 30.0. The predicted molar refractivity (Wildman–Crippen MR) is 95.5 cm³/mol. The third kappa shape index (κ3) is 2.86. The molecule has 0 aliphatic carbocycles. The Balaban J connectivity index is 1.73. The van der Waals surface area contributed by atoms with Crippen molar-refractivity contribution in [2.45, 2.75) is 25.8 Å². The van der Waals surface area contributed by atoms with Crippen LogP contribution in [0.5, 0.6) is 0 Å². The van der Waals surface area contributed by atoms with Crippen molar-refractivity contribution >= 4 is 16.7 Å². The molecule has 1 amide bonds. The topological polar surface area (TPSA) is 66.3 Å². The number of carbonyl (C=O) groups excluding carboxylic acids is 1. The monoisotopic (exact) mass is 336 g/mol. The minimum Gasteiger partial charge on any atom is -0.467 e. The number of hydrogen-bond donors (Lipinski definition) is 1. The van der Waals surface area contributed by atoms with Crippen molar-refractivity contribution in [2.24, 2.45) is 5.92 Å². The fraction of sp³-hybridized carbons (Fsp3) is 0.300. The molecule has 0 saturated carbocycles. The first-order chi connectivity index (χ1) is 12.1. The van der Waals surface area contributed by atoms with E-state index in [2.05, 4.69) is 11.9 Å². The Morgan fingerprint density at radius 2 is 2.08 bits per heavy atom. The minimum atomic E-state index is -0.235. The summed E-state index contributed by atoms with van der Waals surface area (Å²) in [5.41, 5.74) is 0.0937. The molecule has 1 fully saturated rings. The summed E-state index contributed by atoms with van der Waals surface area (Å²) in [6.07, 6.45) is 3.44. The second-order valence-electron chi connectivity index (χ2n) is 6.76. The number of furan rings is 1. The van der Waals surface area contributed by atoms with E-state index in [1.807, 2.05) is 35.2 Å². The maximum Gasteiger partial charge on any atom is 0.271 e. The lowest BCUT2D eigenvalue weighted by Gasteiger charge is -2.37. The summed E-state index contributed by atoms with van der Waals surface area (Å²) in [5, 5.41) is 1.36. The number of likely N-dealkylation sites (tertiary alicyclic amines) is 1. The number of carbonyl (C=O) groups is 1. The van der Waals surface area contributed by atoms with Crippen LogP contribution in [0.1, 0.15) is 42.1 Å². The van der Waals surface area contributed by atoms with Gasteiger partial charge in [0.25, 0.3) is 11.5 Å². The highest BCUT2D eigenvalue weighted by molar-refractivity contribution is 5.96. The lowest BCUT2D eigenvalue weighted by atomic mass is 9.90. The molecule has 5 nitrogen and oxygen atoms in total. The molecule has 3 aromatic rings. The Hall–Kier alpha value is -2.82. The van der Waals surface area contributed by atoms with Crippen LogP contribution in [0, 0.1) is 5.92 Å². The molecule has 128 valence electrons. The van der Waals surface area contributed by atoms with Crippen LogP contribution in [0.4, 0.5) is 0 Å². The van der Waals surface area contributed by atoms with Gasteiger partial charge in [0.2, 0.25) is 0 Å². The fourth-order valence-electron chi connectivity index (χ4n) is 3.62. The summed E-state index contributed by atoms with van der Waals surface area (Å²) in [7, 11) is 0. The van der Waals surface area contributed by atoms with E-state index in [-0.39, 0.29) is 17.5 Å². The number of pyridine rings is 1. The van der Waals surface area contributed by atoms with Gasteiger partial charge in [0, 0.05) is 11.9 Å². The molecule has 1 aliphatic rings. The number of nitrogens with zero attached hydrogens (tertiary/aromatic N) is 1. The van der Waals surface area contributed by atoms with Gasteiger partial charge < -0.3 is 14.3 Å². The van der Waals surface area contributed by atoms with Crippen molar-refractivity contribution in [2.75, 3.05) is 6.54 Å². The Morgan fingerprint density at radius 3 is 2.88 bits per heavy atom. The molecular formula is C20H20N2O3. The second-order valence-corrected chi connectivity index (χ2v) is 6.76. The lowest BCUT2D eigenvalue weighted by molar-refractivity contribution is 0.0515. The zero-order valence-electron chi connectivity index (χ0n) is 14.1. The number of benzene rings is 1. The number of aromatic amines is 1. The zero-order chi connectivity index (χ0) is 17.4. The first-order valence-corrected chi connectivity index (χ1v) is 8.60. The smallest absolute Gasteiger partial charge is 0.271 e. The van der Waals surface area contributed by atoms with Crippen LogP contribution in [-0.2, 0) is 0 Å². The molecule has 4 rings (SSSR count). The quantitative estimate of drug-likeness (QED) is 0.775. The highest BCUT2D eigenvalue weighted by atomic mass is 16.3. The van der Waals surface area contributed by atoms with Gasteiger partial charge in [-0.05, 0) is 48.4 Å². The van der Waals surface area contributed by atoms with Crippen molar-refractivity contribution in [3.63, 3.8) is 0 Å². The Bertz CT molecular complexity index is 958. The normalized spacial score (nSPS) is 20.8. The van der Waals surface area contributed by atoms with Crippen LogP contribution in [0.25, 0.3) is 10.8 Å². The highest BCUT2D eigenvalue weighted by Crippen LogP contribution is 2.35. The van der Waals surface area contributed by atoms with Gasteiger partial charge in [0.05, 0.1) is 12.3 Å². The van der Waals surface area contributed by atoms with Crippen molar-refractivity contribution in [1.29, 1.82) is 0 Å². The van der Waals surface area contributed by atoms with Crippen molar-refractivity contribution < 1.29 is 9.21 Å². The van der Waals surface area contributed by atoms with Crippen LogP contribution in [0.3, 0.4) is 0 Å². The Morgan fingerprint density at radius 1 is 1.24 bits per heavy atom. The molecule has 5 heteroatoms. The first kappa shape index (κ1) is 15.7. The largest absolute Gasteiger partial charge is 0.467 e. The molecule has 2 aromatic heterocycles. The summed E-state index contributed by atoms with van der Waals surface area (Å²) < 4.78 is 5.57. The van der Waals surface area contributed by atoms with Gasteiger partial charge in [0.1, 0.15) is 11.5 Å². The van der Waals surface area contributed by atoms with E-state index in [0.29, 0.717) is 23.5 Å². The number of nitrogens with one attached hydrogen (secondary N) is 1. The summed E-state index contributed by atoms with van der Waals surface area (Å²) in [6.45, 7) is 2.84. The molecule has 2 atom stereocenters. The molecule has 0 radical (unpaired) electrons. The number of amides is 1. The van der Waals surface area contributed by atoms with Gasteiger partial charge in [0.15, 0.2) is 0 Å². The summed E-state index contributed by atoms with van der Waals surface area (Å²) >= 11 is 0.